The molecule has 2 aliphatic rings. The van der Waals surface area contributed by atoms with Crippen molar-refractivity contribution in [2.45, 2.75) is 20.4 Å². The molecule has 0 bridgehead atoms. The minimum atomic E-state index is -0.311. The van der Waals surface area contributed by atoms with Crippen LogP contribution in [0.5, 0.6) is 11.5 Å². The third-order valence-electron chi connectivity index (χ3n) is 5.70. The van der Waals surface area contributed by atoms with E-state index >= 15 is 0 Å². The van der Waals surface area contributed by atoms with Gasteiger partial charge in [-0.2, -0.15) is 0 Å². The zero-order valence-electron chi connectivity index (χ0n) is 18.1. The number of aryl methyl sites for hydroxylation is 1. The number of carbonyl (C=O) groups is 2. The summed E-state index contributed by atoms with van der Waals surface area (Å²) in [5, 5.41) is 0.232. The lowest BCUT2D eigenvalue weighted by atomic mass is 10.2. The fraction of sp³-hybridized carbons (Fsp3) is 0.200. The maximum absolute atomic E-state index is 13.0. The van der Waals surface area contributed by atoms with E-state index in [1.54, 1.807) is 12.1 Å². The Balaban J connectivity index is 1.44. The van der Waals surface area contributed by atoms with Crippen LogP contribution in [0, 0.1) is 13.8 Å². The molecule has 0 spiro atoms. The van der Waals surface area contributed by atoms with Crippen LogP contribution >= 0.6 is 23.4 Å². The SMILES string of the molecule is Cc1cc(/C=C2\SC(=O)N(Cc3ccccc3Cl)C2=O)c(C)n1-c1ccc2c(c1)OCCO2. The van der Waals surface area contributed by atoms with Crippen molar-refractivity contribution < 1.29 is 19.1 Å². The van der Waals surface area contributed by atoms with Crippen molar-refractivity contribution in [2.75, 3.05) is 13.2 Å². The molecular formula is C25H21ClN2O4S. The highest BCUT2D eigenvalue weighted by Gasteiger charge is 2.35. The molecular weight excluding hydrogens is 460 g/mol. The summed E-state index contributed by atoms with van der Waals surface area (Å²) in [6.07, 6.45) is 1.79. The molecule has 1 aromatic heterocycles. The average molecular weight is 481 g/mol. The van der Waals surface area contributed by atoms with Gasteiger partial charge in [0.15, 0.2) is 11.5 Å². The standard InChI is InChI=1S/C25H21ClN2O4S/c1-15-11-18(16(2)28(15)19-7-8-21-22(13-19)32-10-9-31-21)12-23-24(29)27(25(30)33-23)14-17-5-3-4-6-20(17)26/h3-8,11-13H,9-10,14H2,1-2H3/b23-12-. The molecule has 0 N–H and O–H groups in total. The lowest BCUT2D eigenvalue weighted by Crippen LogP contribution is -2.27. The molecule has 6 nitrogen and oxygen atoms in total. The van der Waals surface area contributed by atoms with Gasteiger partial charge in [-0.3, -0.25) is 14.5 Å². The normalized spacial score (nSPS) is 16.7. The van der Waals surface area contributed by atoms with Crippen LogP contribution in [0.25, 0.3) is 11.8 Å². The monoisotopic (exact) mass is 480 g/mol. The van der Waals surface area contributed by atoms with Crippen molar-refractivity contribution in [3.63, 3.8) is 0 Å². The van der Waals surface area contributed by atoms with Gasteiger partial charge in [0.1, 0.15) is 13.2 Å². The molecule has 2 amide bonds. The molecule has 2 aliphatic heterocycles. The van der Waals surface area contributed by atoms with Gasteiger partial charge in [-0.1, -0.05) is 29.8 Å². The summed E-state index contributed by atoms with van der Waals surface area (Å²) in [5.74, 6) is 1.14. The van der Waals surface area contributed by atoms with Gasteiger partial charge in [0.05, 0.1) is 11.4 Å². The predicted molar refractivity (Wildman–Crippen MR) is 129 cm³/mol. The maximum atomic E-state index is 13.0. The first-order valence-electron chi connectivity index (χ1n) is 10.5. The fourth-order valence-electron chi connectivity index (χ4n) is 4.08. The molecule has 1 fully saturated rings. The predicted octanol–water partition coefficient (Wildman–Crippen LogP) is 5.76. The molecule has 2 aromatic carbocycles. The van der Waals surface area contributed by atoms with Crippen LogP contribution in [0.1, 0.15) is 22.5 Å². The molecule has 0 saturated carbocycles. The first-order chi connectivity index (χ1) is 15.9. The van der Waals surface area contributed by atoms with E-state index in [1.807, 2.05) is 56.3 Å². The van der Waals surface area contributed by atoms with Crippen LogP contribution < -0.4 is 9.47 Å². The Morgan fingerprint density at radius 2 is 1.79 bits per heavy atom. The Hall–Kier alpha value is -3.16. The lowest BCUT2D eigenvalue weighted by Gasteiger charge is -2.20. The van der Waals surface area contributed by atoms with Crippen molar-refractivity contribution in [3.05, 3.63) is 81.0 Å². The molecule has 33 heavy (non-hydrogen) atoms. The van der Waals surface area contributed by atoms with Crippen molar-refractivity contribution in [1.29, 1.82) is 0 Å². The fourth-order valence-corrected chi connectivity index (χ4v) is 5.10. The molecule has 0 unspecified atom stereocenters. The number of ether oxygens (including phenoxy) is 2. The number of hydrogen-bond acceptors (Lipinski definition) is 5. The number of carbonyl (C=O) groups excluding carboxylic acids is 2. The van der Waals surface area contributed by atoms with Gasteiger partial charge < -0.3 is 14.0 Å². The van der Waals surface area contributed by atoms with E-state index in [0.29, 0.717) is 28.9 Å². The van der Waals surface area contributed by atoms with Crippen molar-refractivity contribution in [2.24, 2.45) is 0 Å². The van der Waals surface area contributed by atoms with Gasteiger partial charge in [0, 0.05) is 28.2 Å². The van der Waals surface area contributed by atoms with Crippen LogP contribution in [0.15, 0.2) is 53.4 Å². The van der Waals surface area contributed by atoms with Crippen molar-refractivity contribution >= 4 is 40.6 Å². The van der Waals surface area contributed by atoms with Gasteiger partial charge in [-0.15, -0.1) is 0 Å². The number of halogens is 1. The number of amides is 2. The lowest BCUT2D eigenvalue weighted by molar-refractivity contribution is -0.123. The third-order valence-corrected chi connectivity index (χ3v) is 6.98. The first kappa shape index (κ1) is 21.7. The van der Waals surface area contributed by atoms with Crippen molar-refractivity contribution in [1.82, 2.24) is 9.47 Å². The summed E-state index contributed by atoms with van der Waals surface area (Å²) in [7, 11) is 0. The smallest absolute Gasteiger partial charge is 0.293 e. The molecule has 1 saturated heterocycles. The minimum absolute atomic E-state index is 0.151. The number of fused-ring (bicyclic) bond motifs is 1. The number of thioether (sulfide) groups is 1. The summed E-state index contributed by atoms with van der Waals surface area (Å²) in [4.78, 5) is 27.2. The largest absolute Gasteiger partial charge is 0.486 e. The molecule has 3 heterocycles. The van der Waals surface area contributed by atoms with Gasteiger partial charge in [0.25, 0.3) is 11.1 Å². The van der Waals surface area contributed by atoms with Crippen LogP contribution in [0.4, 0.5) is 4.79 Å². The highest BCUT2D eigenvalue weighted by atomic mass is 35.5. The Bertz CT molecular complexity index is 1310. The number of aromatic nitrogens is 1. The zero-order valence-corrected chi connectivity index (χ0v) is 19.7. The van der Waals surface area contributed by atoms with Crippen molar-refractivity contribution in [3.8, 4) is 17.2 Å². The number of hydrogen-bond donors (Lipinski definition) is 0. The van der Waals surface area contributed by atoms with Crippen LogP contribution in [0.2, 0.25) is 5.02 Å². The maximum Gasteiger partial charge on any atom is 0.293 e. The van der Waals surface area contributed by atoms with Crippen LogP contribution in [-0.4, -0.2) is 33.8 Å². The van der Waals surface area contributed by atoms with E-state index in [9.17, 15) is 9.59 Å². The quantitative estimate of drug-likeness (QED) is 0.444. The summed E-state index contributed by atoms with van der Waals surface area (Å²) >= 11 is 7.17. The molecule has 0 aliphatic carbocycles. The molecule has 5 rings (SSSR count). The second kappa shape index (κ2) is 8.65. The average Bonchev–Trinajstić information content (AvgIpc) is 3.24. The highest BCUT2D eigenvalue weighted by molar-refractivity contribution is 8.18. The van der Waals surface area contributed by atoms with Gasteiger partial charge in [-0.25, -0.2) is 0 Å². The summed E-state index contributed by atoms with van der Waals surface area (Å²) in [6, 6.07) is 15.1. The number of nitrogens with zero attached hydrogens (tertiary/aromatic N) is 2. The molecule has 0 atom stereocenters. The topological polar surface area (TPSA) is 60.8 Å². The Kier molecular flexibility index (Phi) is 5.68. The third kappa shape index (κ3) is 4.03. The Morgan fingerprint density at radius 1 is 1.03 bits per heavy atom. The molecule has 168 valence electrons. The zero-order chi connectivity index (χ0) is 23.1. The highest BCUT2D eigenvalue weighted by Crippen LogP contribution is 2.37. The van der Waals surface area contributed by atoms with E-state index in [-0.39, 0.29) is 17.7 Å². The molecule has 8 heteroatoms. The summed E-state index contributed by atoms with van der Waals surface area (Å²) in [6.45, 7) is 5.21. The van der Waals surface area contributed by atoms with Crippen LogP contribution in [0.3, 0.4) is 0 Å². The second-order valence-corrected chi connectivity index (χ2v) is 9.25. The van der Waals surface area contributed by atoms with E-state index < -0.39 is 0 Å². The van der Waals surface area contributed by atoms with Gasteiger partial charge in [-0.05, 0) is 67.1 Å². The molecule has 0 radical (unpaired) electrons. The summed E-state index contributed by atoms with van der Waals surface area (Å²) < 4.78 is 13.4. The number of imide groups is 1. The Morgan fingerprint density at radius 3 is 2.58 bits per heavy atom. The van der Waals surface area contributed by atoms with E-state index in [0.717, 1.165) is 45.7 Å². The van der Waals surface area contributed by atoms with Gasteiger partial charge in [0.2, 0.25) is 0 Å². The van der Waals surface area contributed by atoms with Gasteiger partial charge >= 0.3 is 0 Å². The van der Waals surface area contributed by atoms with Crippen LogP contribution in [-0.2, 0) is 11.3 Å². The molecule has 3 aromatic rings. The first-order valence-corrected chi connectivity index (χ1v) is 11.7. The number of rotatable bonds is 4. The second-order valence-electron chi connectivity index (χ2n) is 7.85. The van der Waals surface area contributed by atoms with E-state index in [1.165, 1.54) is 4.90 Å². The minimum Gasteiger partial charge on any atom is -0.486 e. The number of benzene rings is 2. The summed E-state index contributed by atoms with van der Waals surface area (Å²) in [5.41, 5.74) is 4.53. The van der Waals surface area contributed by atoms with E-state index in [2.05, 4.69) is 4.57 Å². The van der Waals surface area contributed by atoms with E-state index in [4.69, 9.17) is 21.1 Å². The Labute approximate surface area is 200 Å².